The summed E-state index contributed by atoms with van der Waals surface area (Å²) in [6, 6.07) is 0. The zero-order chi connectivity index (χ0) is 16.4. The first-order chi connectivity index (χ1) is 11.3. The number of unbranched alkanes of at least 4 members (excludes halogenated alkanes) is 5. The van der Waals surface area contributed by atoms with Crippen LogP contribution in [0.3, 0.4) is 0 Å². The van der Waals surface area contributed by atoms with E-state index in [0.717, 1.165) is 11.8 Å². The number of nitrogens with zero attached hydrogens (tertiary/aromatic N) is 2. The maximum atomic E-state index is 4.19. The lowest BCUT2D eigenvalue weighted by molar-refractivity contribution is 0.522. The van der Waals surface area contributed by atoms with Crippen molar-refractivity contribution >= 4 is 23.5 Å². The molecule has 1 saturated heterocycles. The molecule has 2 heterocycles. The van der Waals surface area contributed by atoms with Gasteiger partial charge in [-0.15, -0.1) is 23.5 Å². The first kappa shape index (κ1) is 19.2. The third kappa shape index (κ3) is 6.74. The van der Waals surface area contributed by atoms with Crippen LogP contribution in [0.5, 0.6) is 0 Å². The van der Waals surface area contributed by atoms with Gasteiger partial charge in [0.15, 0.2) is 0 Å². The molecule has 0 radical (unpaired) electrons. The van der Waals surface area contributed by atoms with Crippen molar-refractivity contribution in [3.63, 3.8) is 0 Å². The largest absolute Gasteiger partial charge is 0.337 e. The van der Waals surface area contributed by atoms with Gasteiger partial charge in [-0.1, -0.05) is 52.4 Å². The van der Waals surface area contributed by atoms with E-state index in [1.54, 1.807) is 0 Å². The van der Waals surface area contributed by atoms with Crippen LogP contribution in [-0.4, -0.2) is 24.6 Å². The van der Waals surface area contributed by atoms with Crippen molar-refractivity contribution in [3.8, 4) is 0 Å². The molecule has 0 N–H and O–H groups in total. The van der Waals surface area contributed by atoms with E-state index >= 15 is 0 Å². The predicted molar refractivity (Wildman–Crippen MR) is 106 cm³/mol. The van der Waals surface area contributed by atoms with E-state index < -0.39 is 0 Å². The Labute approximate surface area is 151 Å². The fourth-order valence-electron chi connectivity index (χ4n) is 3.34. The molecule has 2 unspecified atom stereocenters. The van der Waals surface area contributed by atoms with Crippen LogP contribution in [0, 0.1) is 0 Å². The molecule has 23 heavy (non-hydrogen) atoms. The number of rotatable bonds is 11. The summed E-state index contributed by atoms with van der Waals surface area (Å²) >= 11 is 4.55. The van der Waals surface area contributed by atoms with Crippen LogP contribution >= 0.6 is 23.5 Å². The van der Waals surface area contributed by atoms with Crippen molar-refractivity contribution in [2.24, 2.45) is 0 Å². The zero-order valence-electron chi connectivity index (χ0n) is 15.0. The van der Waals surface area contributed by atoms with E-state index in [1.165, 1.54) is 70.0 Å². The second-order valence-electron chi connectivity index (χ2n) is 6.76. The lowest BCUT2D eigenvalue weighted by atomic mass is 10.1. The molecule has 1 aliphatic rings. The quantitative estimate of drug-likeness (QED) is 0.430. The molecule has 0 aliphatic carbocycles. The second kappa shape index (κ2) is 10.7. The molecule has 0 amide bonds. The molecule has 132 valence electrons. The molecule has 0 saturated carbocycles. The molecular formula is C19H34N2S2. The maximum absolute atomic E-state index is 4.19. The fourth-order valence-corrected chi connectivity index (χ4v) is 7.20. The minimum Gasteiger partial charge on any atom is -0.337 e. The van der Waals surface area contributed by atoms with Crippen molar-refractivity contribution < 1.29 is 0 Å². The Hall–Kier alpha value is -0.0900. The highest BCUT2D eigenvalue weighted by Gasteiger charge is 2.36. The van der Waals surface area contributed by atoms with Crippen molar-refractivity contribution in [1.29, 1.82) is 0 Å². The summed E-state index contributed by atoms with van der Waals surface area (Å²) in [4.78, 5) is 4.19. The Morgan fingerprint density at radius 1 is 1.13 bits per heavy atom. The summed E-state index contributed by atoms with van der Waals surface area (Å²) in [7, 11) is 0. The maximum Gasteiger partial charge on any atom is 0.0945 e. The van der Waals surface area contributed by atoms with Crippen LogP contribution in [-0.2, 0) is 6.54 Å². The highest BCUT2D eigenvalue weighted by molar-refractivity contribution is 8.19. The van der Waals surface area contributed by atoms with Crippen molar-refractivity contribution in [2.45, 2.75) is 93.9 Å². The third-order valence-corrected chi connectivity index (χ3v) is 8.62. The summed E-state index contributed by atoms with van der Waals surface area (Å²) in [5.74, 6) is 1.35. The molecule has 1 aliphatic heterocycles. The number of aryl methyl sites for hydroxylation is 1. The van der Waals surface area contributed by atoms with E-state index in [4.69, 9.17) is 0 Å². The van der Waals surface area contributed by atoms with Gasteiger partial charge in [-0.25, -0.2) is 4.98 Å². The molecule has 0 aromatic carbocycles. The third-order valence-electron chi connectivity index (χ3n) is 4.86. The molecule has 0 bridgehead atoms. The Morgan fingerprint density at radius 3 is 2.70 bits per heavy atom. The minimum absolute atomic E-state index is 0.452. The molecule has 2 atom stereocenters. The normalized spacial score (nSPS) is 24.9. The molecule has 1 aromatic rings. The van der Waals surface area contributed by atoms with E-state index in [2.05, 4.69) is 53.1 Å². The van der Waals surface area contributed by atoms with E-state index in [-0.39, 0.29) is 0 Å². The molecule has 0 spiro atoms. The van der Waals surface area contributed by atoms with Crippen LogP contribution in [0.4, 0.5) is 0 Å². The Bertz CT molecular complexity index is 408. The molecule has 4 heteroatoms. The van der Waals surface area contributed by atoms with Crippen LogP contribution < -0.4 is 0 Å². The minimum atomic E-state index is 0.452. The molecule has 1 fully saturated rings. The SMILES string of the molecule is CCCCCCCCC1(CCn2ccnc2)SCCC(CC)S1. The average Bonchev–Trinajstić information content (AvgIpc) is 3.10. The zero-order valence-corrected chi connectivity index (χ0v) is 16.6. The summed E-state index contributed by atoms with van der Waals surface area (Å²) in [5, 5.41) is 0.874. The van der Waals surface area contributed by atoms with Crippen LogP contribution in [0.2, 0.25) is 0 Å². The first-order valence-corrected chi connectivity index (χ1v) is 11.4. The Balaban J connectivity index is 1.83. The van der Waals surface area contributed by atoms with Crippen LogP contribution in [0.1, 0.15) is 78.1 Å². The highest BCUT2D eigenvalue weighted by atomic mass is 32.2. The monoisotopic (exact) mass is 354 g/mol. The topological polar surface area (TPSA) is 17.8 Å². The van der Waals surface area contributed by atoms with Gasteiger partial charge in [-0.3, -0.25) is 0 Å². The van der Waals surface area contributed by atoms with Crippen molar-refractivity contribution in [1.82, 2.24) is 9.55 Å². The number of hydrogen-bond donors (Lipinski definition) is 0. The summed E-state index contributed by atoms with van der Waals surface area (Å²) in [6.07, 6.45) is 19.8. The number of hydrogen-bond acceptors (Lipinski definition) is 3. The predicted octanol–water partition coefficient (Wildman–Crippen LogP) is 6.37. The Morgan fingerprint density at radius 2 is 1.96 bits per heavy atom. The van der Waals surface area contributed by atoms with Gasteiger partial charge in [-0.2, -0.15) is 0 Å². The number of aromatic nitrogens is 2. The van der Waals surface area contributed by atoms with Crippen LogP contribution in [0.25, 0.3) is 0 Å². The first-order valence-electron chi connectivity index (χ1n) is 9.55. The van der Waals surface area contributed by atoms with Gasteiger partial charge >= 0.3 is 0 Å². The van der Waals surface area contributed by atoms with Gasteiger partial charge in [0.05, 0.1) is 10.4 Å². The van der Waals surface area contributed by atoms with E-state index in [0.29, 0.717) is 4.08 Å². The summed E-state index contributed by atoms with van der Waals surface area (Å²) < 4.78 is 2.70. The van der Waals surface area contributed by atoms with Gasteiger partial charge < -0.3 is 4.57 Å². The summed E-state index contributed by atoms with van der Waals surface area (Å²) in [6.45, 7) is 5.77. The fraction of sp³-hybridized carbons (Fsp3) is 0.842. The van der Waals surface area contributed by atoms with Crippen molar-refractivity contribution in [3.05, 3.63) is 18.7 Å². The average molecular weight is 355 g/mol. The van der Waals surface area contributed by atoms with Gasteiger partial charge in [0.2, 0.25) is 0 Å². The molecule has 2 rings (SSSR count). The van der Waals surface area contributed by atoms with Crippen molar-refractivity contribution in [2.75, 3.05) is 5.75 Å². The smallest absolute Gasteiger partial charge is 0.0945 e. The van der Waals surface area contributed by atoms with Gasteiger partial charge in [-0.05, 0) is 31.4 Å². The number of imidazole rings is 1. The van der Waals surface area contributed by atoms with Gasteiger partial charge in [0, 0.05) is 24.2 Å². The standard InChI is InChI=1S/C19H34N2S2/c1-3-5-6-7-8-9-11-19(12-14-21-15-13-20-17-21)22-16-10-18(4-2)23-19/h13,15,17-18H,3-12,14,16H2,1-2H3. The van der Waals surface area contributed by atoms with Crippen LogP contribution in [0.15, 0.2) is 18.7 Å². The van der Waals surface area contributed by atoms with E-state index in [1.807, 2.05) is 12.5 Å². The second-order valence-corrected chi connectivity index (χ2v) is 10.2. The number of thioether (sulfide) groups is 2. The Kier molecular flexibility index (Phi) is 8.96. The van der Waals surface area contributed by atoms with E-state index in [9.17, 15) is 0 Å². The van der Waals surface area contributed by atoms with Gasteiger partial charge in [0.1, 0.15) is 0 Å². The van der Waals surface area contributed by atoms with Gasteiger partial charge in [0.25, 0.3) is 0 Å². The summed E-state index contributed by atoms with van der Waals surface area (Å²) in [5.41, 5.74) is 0. The lowest BCUT2D eigenvalue weighted by Gasteiger charge is -2.40. The lowest BCUT2D eigenvalue weighted by Crippen LogP contribution is -2.30. The molecule has 1 aromatic heterocycles. The molecule has 2 nitrogen and oxygen atoms in total. The molecular weight excluding hydrogens is 320 g/mol. The highest BCUT2D eigenvalue weighted by Crippen LogP contribution is 2.52.